The largest absolute Gasteiger partial charge is 0.350 e. The molecule has 2 rings (SSSR count). The lowest BCUT2D eigenvalue weighted by Gasteiger charge is -2.26. The van der Waals surface area contributed by atoms with Crippen LogP contribution in [0.25, 0.3) is 0 Å². The zero-order chi connectivity index (χ0) is 15.2. The van der Waals surface area contributed by atoms with Crippen molar-refractivity contribution in [1.29, 1.82) is 0 Å². The van der Waals surface area contributed by atoms with Crippen LogP contribution in [0, 0.1) is 0 Å². The first-order valence-corrected chi connectivity index (χ1v) is 7.68. The molecule has 1 saturated heterocycles. The van der Waals surface area contributed by atoms with Gasteiger partial charge in [0.1, 0.15) is 5.69 Å². The fourth-order valence-corrected chi connectivity index (χ4v) is 2.36. The molecule has 1 atom stereocenters. The van der Waals surface area contributed by atoms with E-state index in [0.717, 1.165) is 32.4 Å². The second-order valence-corrected chi connectivity index (χ2v) is 5.57. The minimum Gasteiger partial charge on any atom is -0.350 e. The van der Waals surface area contributed by atoms with Crippen molar-refractivity contribution >= 4 is 11.8 Å². The molecule has 0 bridgehead atoms. The molecule has 1 aliphatic rings. The molecule has 2 amide bonds. The van der Waals surface area contributed by atoms with Crippen molar-refractivity contribution < 1.29 is 9.59 Å². The van der Waals surface area contributed by atoms with Crippen LogP contribution in [0.2, 0.25) is 0 Å². The average Bonchev–Trinajstić information content (AvgIpc) is 2.55. The SMILES string of the molecule is CCC(C)NC(=O)c1ccnc(C(=O)N2CCCCC2)c1. The van der Waals surface area contributed by atoms with E-state index in [4.69, 9.17) is 0 Å². The second kappa shape index (κ2) is 7.20. The Morgan fingerprint density at radius 3 is 2.71 bits per heavy atom. The number of likely N-dealkylation sites (tertiary alicyclic amines) is 1. The van der Waals surface area contributed by atoms with Crippen LogP contribution in [0.15, 0.2) is 18.3 Å². The molecule has 1 unspecified atom stereocenters. The Morgan fingerprint density at radius 2 is 2.05 bits per heavy atom. The van der Waals surface area contributed by atoms with E-state index in [9.17, 15) is 9.59 Å². The Bertz CT molecular complexity index is 510. The van der Waals surface area contributed by atoms with Gasteiger partial charge in [-0.15, -0.1) is 0 Å². The van der Waals surface area contributed by atoms with Gasteiger partial charge in [-0.25, -0.2) is 0 Å². The Morgan fingerprint density at radius 1 is 1.33 bits per heavy atom. The lowest BCUT2D eigenvalue weighted by Crippen LogP contribution is -2.36. The molecule has 0 spiro atoms. The summed E-state index contributed by atoms with van der Waals surface area (Å²) in [6.07, 6.45) is 5.66. The van der Waals surface area contributed by atoms with Crippen LogP contribution >= 0.6 is 0 Å². The predicted octanol–water partition coefficient (Wildman–Crippen LogP) is 2.24. The van der Waals surface area contributed by atoms with Crippen LogP contribution in [0.4, 0.5) is 0 Å². The quantitative estimate of drug-likeness (QED) is 0.924. The number of nitrogens with zero attached hydrogens (tertiary/aromatic N) is 2. The zero-order valence-electron chi connectivity index (χ0n) is 12.8. The van der Waals surface area contributed by atoms with Gasteiger partial charge in [0, 0.05) is 30.9 Å². The van der Waals surface area contributed by atoms with Crippen LogP contribution in [0.3, 0.4) is 0 Å². The summed E-state index contributed by atoms with van der Waals surface area (Å²) in [5.74, 6) is -0.229. The van der Waals surface area contributed by atoms with E-state index in [-0.39, 0.29) is 17.9 Å². The van der Waals surface area contributed by atoms with Gasteiger partial charge in [-0.1, -0.05) is 6.92 Å². The third kappa shape index (κ3) is 4.03. The second-order valence-electron chi connectivity index (χ2n) is 5.57. The van der Waals surface area contributed by atoms with Gasteiger partial charge in [0.15, 0.2) is 0 Å². The van der Waals surface area contributed by atoms with Gasteiger partial charge in [0.05, 0.1) is 0 Å². The number of hydrogen-bond donors (Lipinski definition) is 1. The van der Waals surface area contributed by atoms with Crippen LogP contribution < -0.4 is 5.32 Å². The number of pyridine rings is 1. The van der Waals surface area contributed by atoms with Crippen LogP contribution in [-0.4, -0.2) is 40.8 Å². The number of nitrogens with one attached hydrogen (secondary N) is 1. The van der Waals surface area contributed by atoms with Gasteiger partial charge in [-0.2, -0.15) is 0 Å². The number of amides is 2. The predicted molar refractivity (Wildman–Crippen MR) is 81.2 cm³/mol. The summed E-state index contributed by atoms with van der Waals surface area (Å²) in [5.41, 5.74) is 0.847. The number of carbonyl (C=O) groups excluding carboxylic acids is 2. The molecule has 1 aromatic heterocycles. The molecule has 114 valence electrons. The van der Waals surface area contributed by atoms with E-state index < -0.39 is 0 Å². The van der Waals surface area contributed by atoms with Gasteiger partial charge < -0.3 is 10.2 Å². The zero-order valence-corrected chi connectivity index (χ0v) is 12.8. The maximum absolute atomic E-state index is 12.4. The lowest BCUT2D eigenvalue weighted by atomic mass is 10.1. The summed E-state index contributed by atoms with van der Waals surface area (Å²) in [6, 6.07) is 3.35. The number of piperidine rings is 1. The smallest absolute Gasteiger partial charge is 0.272 e. The number of hydrogen-bond acceptors (Lipinski definition) is 3. The third-order valence-electron chi connectivity index (χ3n) is 3.87. The van der Waals surface area contributed by atoms with E-state index in [1.54, 1.807) is 12.1 Å². The van der Waals surface area contributed by atoms with Gasteiger partial charge in [0.2, 0.25) is 0 Å². The Balaban J connectivity index is 2.09. The van der Waals surface area contributed by atoms with Crippen LogP contribution in [0.1, 0.15) is 60.4 Å². The third-order valence-corrected chi connectivity index (χ3v) is 3.87. The van der Waals surface area contributed by atoms with Crippen molar-refractivity contribution in [3.63, 3.8) is 0 Å². The highest BCUT2D eigenvalue weighted by molar-refractivity contribution is 5.98. The molecular weight excluding hydrogens is 266 g/mol. The van der Waals surface area contributed by atoms with Gasteiger partial charge in [-0.3, -0.25) is 14.6 Å². The topological polar surface area (TPSA) is 62.3 Å². The molecule has 1 aromatic rings. The molecular formula is C16H23N3O2. The number of rotatable bonds is 4. The minimum absolute atomic E-state index is 0.0760. The first-order valence-electron chi connectivity index (χ1n) is 7.68. The van der Waals surface area contributed by atoms with Gasteiger partial charge in [-0.05, 0) is 44.7 Å². The summed E-state index contributed by atoms with van der Waals surface area (Å²) in [7, 11) is 0. The van der Waals surface area contributed by atoms with Crippen LogP contribution in [0.5, 0.6) is 0 Å². The van der Waals surface area contributed by atoms with Gasteiger partial charge >= 0.3 is 0 Å². The molecule has 0 radical (unpaired) electrons. The first-order chi connectivity index (χ1) is 10.1. The summed E-state index contributed by atoms with van der Waals surface area (Å²) in [6.45, 7) is 5.54. The molecule has 21 heavy (non-hydrogen) atoms. The van der Waals surface area contributed by atoms with Crippen molar-refractivity contribution in [1.82, 2.24) is 15.2 Å². The molecule has 1 aliphatic heterocycles. The molecule has 1 fully saturated rings. The van der Waals surface area contributed by atoms with E-state index in [1.807, 2.05) is 18.7 Å². The maximum Gasteiger partial charge on any atom is 0.272 e. The van der Waals surface area contributed by atoms with Crippen LogP contribution in [-0.2, 0) is 0 Å². The van der Waals surface area contributed by atoms with Crippen molar-refractivity contribution in [3.05, 3.63) is 29.6 Å². The first kappa shape index (κ1) is 15.5. The molecule has 2 heterocycles. The number of aromatic nitrogens is 1. The summed E-state index contributed by atoms with van der Waals surface area (Å²) >= 11 is 0. The fraction of sp³-hybridized carbons (Fsp3) is 0.562. The van der Waals surface area contributed by atoms with Crippen molar-refractivity contribution in [2.75, 3.05) is 13.1 Å². The molecule has 0 aromatic carbocycles. The van der Waals surface area contributed by atoms with Crippen molar-refractivity contribution in [2.24, 2.45) is 0 Å². The Hall–Kier alpha value is -1.91. The van der Waals surface area contributed by atoms with Crippen molar-refractivity contribution in [2.45, 2.75) is 45.6 Å². The van der Waals surface area contributed by atoms with E-state index >= 15 is 0 Å². The lowest BCUT2D eigenvalue weighted by molar-refractivity contribution is 0.0718. The normalized spacial score (nSPS) is 16.4. The molecule has 0 saturated carbocycles. The van der Waals surface area contributed by atoms with E-state index in [0.29, 0.717) is 11.3 Å². The molecule has 1 N–H and O–H groups in total. The standard InChI is InChI=1S/C16H23N3O2/c1-3-12(2)18-15(20)13-7-8-17-14(11-13)16(21)19-9-5-4-6-10-19/h7-8,11-12H,3-6,9-10H2,1-2H3,(H,18,20). The highest BCUT2D eigenvalue weighted by Crippen LogP contribution is 2.13. The molecule has 0 aliphatic carbocycles. The molecule has 5 nitrogen and oxygen atoms in total. The Labute approximate surface area is 125 Å². The summed E-state index contributed by atoms with van der Waals surface area (Å²) in [5, 5.41) is 2.90. The highest BCUT2D eigenvalue weighted by Gasteiger charge is 2.20. The highest BCUT2D eigenvalue weighted by atomic mass is 16.2. The minimum atomic E-state index is -0.153. The van der Waals surface area contributed by atoms with E-state index in [2.05, 4.69) is 10.3 Å². The Kier molecular flexibility index (Phi) is 5.31. The summed E-state index contributed by atoms with van der Waals surface area (Å²) in [4.78, 5) is 30.4. The summed E-state index contributed by atoms with van der Waals surface area (Å²) < 4.78 is 0. The number of carbonyl (C=O) groups is 2. The molecule has 5 heteroatoms. The van der Waals surface area contributed by atoms with Crippen molar-refractivity contribution in [3.8, 4) is 0 Å². The fourth-order valence-electron chi connectivity index (χ4n) is 2.36. The van der Waals surface area contributed by atoms with E-state index in [1.165, 1.54) is 12.6 Å². The monoisotopic (exact) mass is 289 g/mol. The average molecular weight is 289 g/mol. The maximum atomic E-state index is 12.4. The van der Waals surface area contributed by atoms with Gasteiger partial charge in [0.25, 0.3) is 11.8 Å².